The highest BCUT2D eigenvalue weighted by molar-refractivity contribution is 7.93. The van der Waals surface area contributed by atoms with E-state index in [2.05, 4.69) is 14.8 Å². The van der Waals surface area contributed by atoms with E-state index in [0.29, 0.717) is 11.6 Å². The van der Waals surface area contributed by atoms with Crippen LogP contribution in [0.15, 0.2) is 101 Å². The molecule has 0 aromatic heterocycles. The molecule has 0 saturated heterocycles. The Hall–Kier alpha value is -4.36. The molecule has 0 aliphatic carbocycles. The first-order valence-electron chi connectivity index (χ1n) is 12.0. The molecule has 0 radical (unpaired) electrons. The summed E-state index contributed by atoms with van der Waals surface area (Å²) < 4.78 is 94.5. The molecule has 0 bridgehead atoms. The topological polar surface area (TPSA) is 121 Å². The maximum absolute atomic E-state index is 13.0. The van der Waals surface area contributed by atoms with E-state index in [4.69, 9.17) is 0 Å². The molecule has 1 amide bonds. The minimum atomic E-state index is -4.63. The number of alkyl halides is 3. The van der Waals surface area contributed by atoms with Crippen molar-refractivity contribution in [1.29, 1.82) is 0 Å². The minimum Gasteiger partial charge on any atom is -0.322 e. The molecule has 0 saturated carbocycles. The second kappa shape index (κ2) is 11.3. The van der Waals surface area contributed by atoms with E-state index in [1.165, 1.54) is 60.7 Å². The zero-order chi connectivity index (χ0) is 30.0. The molecule has 0 fully saturated rings. The number of carbonyl (C=O) groups is 1. The van der Waals surface area contributed by atoms with Crippen molar-refractivity contribution in [2.24, 2.45) is 0 Å². The number of hydrogen-bond acceptors (Lipinski definition) is 5. The fraction of sp³-hybridized carbons (Fsp3) is 0.107. The van der Waals surface area contributed by atoms with Crippen molar-refractivity contribution in [1.82, 2.24) is 0 Å². The number of carbonyl (C=O) groups excluding carboxylic acids is 1. The van der Waals surface area contributed by atoms with Crippen LogP contribution in [0, 0.1) is 13.8 Å². The van der Waals surface area contributed by atoms with Gasteiger partial charge in [-0.2, -0.15) is 13.2 Å². The van der Waals surface area contributed by atoms with E-state index >= 15 is 0 Å². The molecule has 4 aromatic rings. The maximum Gasteiger partial charge on any atom is 0.416 e. The highest BCUT2D eigenvalue weighted by Gasteiger charge is 2.30. The molecule has 4 aromatic carbocycles. The molecule has 0 heterocycles. The van der Waals surface area contributed by atoms with Crippen molar-refractivity contribution in [2.45, 2.75) is 29.8 Å². The Labute approximate surface area is 235 Å². The fourth-order valence-corrected chi connectivity index (χ4v) is 5.97. The van der Waals surface area contributed by atoms with Gasteiger partial charge < -0.3 is 5.32 Å². The van der Waals surface area contributed by atoms with Crippen molar-refractivity contribution in [3.05, 3.63) is 113 Å². The standard InChI is InChI=1S/C28H24F3N3O5S2/c1-18-9-13-23(14-10-18)41(38,39)34-26-8-4-7-25(19(26)2)27(35)32-21-11-15-24(16-12-21)40(36,37)33-22-6-3-5-20(17-22)28(29,30)31/h3-17,33-34H,1-2H3,(H,32,35). The van der Waals surface area contributed by atoms with Crippen LogP contribution in [0.4, 0.5) is 30.2 Å². The van der Waals surface area contributed by atoms with E-state index in [1.54, 1.807) is 19.1 Å². The number of aryl methyl sites for hydroxylation is 1. The molecule has 0 aliphatic rings. The Balaban J connectivity index is 1.48. The summed E-state index contributed by atoms with van der Waals surface area (Å²) in [6.45, 7) is 3.41. The van der Waals surface area contributed by atoms with Crippen molar-refractivity contribution in [2.75, 3.05) is 14.8 Å². The van der Waals surface area contributed by atoms with Crippen LogP contribution in [0.25, 0.3) is 0 Å². The van der Waals surface area contributed by atoms with Gasteiger partial charge in [0.1, 0.15) is 0 Å². The second-order valence-corrected chi connectivity index (χ2v) is 12.4. The number of nitrogens with one attached hydrogen (secondary N) is 3. The van der Waals surface area contributed by atoms with Crippen LogP contribution in [0.1, 0.15) is 27.0 Å². The second-order valence-electron chi connectivity index (χ2n) is 9.06. The van der Waals surface area contributed by atoms with E-state index < -0.39 is 37.7 Å². The van der Waals surface area contributed by atoms with Gasteiger partial charge in [-0.1, -0.05) is 29.8 Å². The average molecular weight is 604 g/mol. The molecule has 41 heavy (non-hydrogen) atoms. The number of anilines is 3. The number of amides is 1. The number of rotatable bonds is 8. The van der Waals surface area contributed by atoms with E-state index in [1.807, 2.05) is 6.92 Å². The molecule has 3 N–H and O–H groups in total. The lowest BCUT2D eigenvalue weighted by Crippen LogP contribution is -2.17. The van der Waals surface area contributed by atoms with Gasteiger partial charge in [0.15, 0.2) is 0 Å². The number of halogens is 3. The largest absolute Gasteiger partial charge is 0.416 e. The molecule has 0 atom stereocenters. The molecule has 0 aliphatic heterocycles. The van der Waals surface area contributed by atoms with Gasteiger partial charge in [-0.15, -0.1) is 0 Å². The third-order valence-electron chi connectivity index (χ3n) is 6.02. The summed E-state index contributed by atoms with van der Waals surface area (Å²) in [6, 6.07) is 19.6. The molecule has 214 valence electrons. The SMILES string of the molecule is Cc1ccc(S(=O)(=O)Nc2cccc(C(=O)Nc3ccc(S(=O)(=O)Nc4cccc(C(F)(F)F)c4)cc3)c2C)cc1. The quantitative estimate of drug-likeness (QED) is 0.222. The molecule has 13 heteroatoms. The third-order valence-corrected chi connectivity index (χ3v) is 8.80. The normalized spacial score (nSPS) is 12.0. The van der Waals surface area contributed by atoms with Gasteiger partial charge >= 0.3 is 6.18 Å². The van der Waals surface area contributed by atoms with Crippen LogP contribution in [-0.4, -0.2) is 22.7 Å². The number of hydrogen-bond donors (Lipinski definition) is 3. The maximum atomic E-state index is 13.0. The Morgan fingerprint density at radius 1 is 0.683 bits per heavy atom. The summed E-state index contributed by atoms with van der Waals surface area (Å²) >= 11 is 0. The van der Waals surface area contributed by atoms with Crippen LogP contribution in [-0.2, 0) is 26.2 Å². The highest BCUT2D eigenvalue weighted by atomic mass is 32.2. The van der Waals surface area contributed by atoms with Crippen molar-refractivity contribution >= 4 is 43.0 Å². The first kappa shape index (κ1) is 29.6. The van der Waals surface area contributed by atoms with Crippen LogP contribution in [0.2, 0.25) is 0 Å². The molecule has 0 spiro atoms. The van der Waals surface area contributed by atoms with Gasteiger partial charge in [-0.05, 0) is 86.1 Å². The first-order valence-corrected chi connectivity index (χ1v) is 14.9. The predicted octanol–water partition coefficient (Wildman–Crippen LogP) is 6.18. The molecule has 4 rings (SSSR count). The van der Waals surface area contributed by atoms with Crippen LogP contribution in [0.5, 0.6) is 0 Å². The van der Waals surface area contributed by atoms with E-state index in [0.717, 1.165) is 17.7 Å². The van der Waals surface area contributed by atoms with Gasteiger partial charge in [0.2, 0.25) is 0 Å². The van der Waals surface area contributed by atoms with Crippen molar-refractivity contribution < 1.29 is 34.8 Å². The van der Waals surface area contributed by atoms with Crippen LogP contribution >= 0.6 is 0 Å². The Morgan fingerprint density at radius 2 is 1.24 bits per heavy atom. The van der Waals surface area contributed by atoms with E-state index in [9.17, 15) is 34.8 Å². The zero-order valence-electron chi connectivity index (χ0n) is 21.7. The average Bonchev–Trinajstić information content (AvgIpc) is 2.90. The summed E-state index contributed by atoms with van der Waals surface area (Å²) in [5.41, 5.74) is 0.626. The van der Waals surface area contributed by atoms with Gasteiger partial charge in [-0.3, -0.25) is 14.2 Å². The van der Waals surface area contributed by atoms with Gasteiger partial charge in [0.05, 0.1) is 21.0 Å². The van der Waals surface area contributed by atoms with Crippen molar-refractivity contribution in [3.8, 4) is 0 Å². The van der Waals surface area contributed by atoms with E-state index in [-0.39, 0.29) is 32.4 Å². The highest BCUT2D eigenvalue weighted by Crippen LogP contribution is 2.31. The smallest absolute Gasteiger partial charge is 0.322 e. The molecular weight excluding hydrogens is 579 g/mol. The lowest BCUT2D eigenvalue weighted by Gasteiger charge is -2.14. The number of sulfonamides is 2. The molecular formula is C28H24F3N3O5S2. The predicted molar refractivity (Wildman–Crippen MR) is 150 cm³/mol. The molecule has 0 unspecified atom stereocenters. The summed E-state index contributed by atoms with van der Waals surface area (Å²) in [6.07, 6.45) is -4.63. The Bertz CT molecular complexity index is 1810. The summed E-state index contributed by atoms with van der Waals surface area (Å²) in [4.78, 5) is 12.8. The summed E-state index contributed by atoms with van der Waals surface area (Å²) in [5.74, 6) is -0.573. The van der Waals surface area contributed by atoms with Crippen LogP contribution < -0.4 is 14.8 Å². The van der Waals surface area contributed by atoms with Gasteiger partial charge in [-0.25, -0.2) is 16.8 Å². The van der Waals surface area contributed by atoms with Gasteiger partial charge in [0, 0.05) is 16.9 Å². The third kappa shape index (κ3) is 7.05. The lowest BCUT2D eigenvalue weighted by molar-refractivity contribution is -0.137. The van der Waals surface area contributed by atoms with Crippen molar-refractivity contribution in [3.63, 3.8) is 0 Å². The Kier molecular flexibility index (Phi) is 8.13. The fourth-order valence-electron chi connectivity index (χ4n) is 3.80. The Morgan fingerprint density at radius 3 is 1.85 bits per heavy atom. The summed E-state index contributed by atoms with van der Waals surface area (Å²) in [5, 5.41) is 2.62. The molecule has 8 nitrogen and oxygen atoms in total. The number of benzene rings is 4. The van der Waals surface area contributed by atoms with Crippen LogP contribution in [0.3, 0.4) is 0 Å². The monoisotopic (exact) mass is 603 g/mol. The lowest BCUT2D eigenvalue weighted by atomic mass is 10.1. The minimum absolute atomic E-state index is 0.0648. The zero-order valence-corrected chi connectivity index (χ0v) is 23.3. The first-order chi connectivity index (χ1) is 19.2. The van der Waals surface area contributed by atoms with Gasteiger partial charge in [0.25, 0.3) is 26.0 Å². The summed E-state index contributed by atoms with van der Waals surface area (Å²) in [7, 11) is -8.13.